The van der Waals surface area contributed by atoms with Gasteiger partial charge in [-0.1, -0.05) is 17.7 Å². The largest absolute Gasteiger partial charge is 0.489 e. The molecule has 1 rings (SSSR count). The zero-order valence-electron chi connectivity index (χ0n) is 8.11. The number of halogens is 1. The van der Waals surface area contributed by atoms with Crippen LogP contribution in [0.4, 0.5) is 0 Å². The predicted molar refractivity (Wildman–Crippen MR) is 57.2 cm³/mol. The van der Waals surface area contributed by atoms with Gasteiger partial charge >= 0.3 is 13.1 Å². The van der Waals surface area contributed by atoms with Gasteiger partial charge in [0, 0.05) is 10.5 Å². The minimum absolute atomic E-state index is 0.121. The van der Waals surface area contributed by atoms with Crippen LogP contribution in [0, 0.1) is 0 Å². The van der Waals surface area contributed by atoms with Crippen molar-refractivity contribution in [1.29, 1.82) is 0 Å². The van der Waals surface area contributed by atoms with Crippen LogP contribution in [0.2, 0.25) is 5.02 Å². The Morgan fingerprint density at radius 1 is 1.53 bits per heavy atom. The summed E-state index contributed by atoms with van der Waals surface area (Å²) >= 11 is 5.74. The highest BCUT2D eigenvalue weighted by Crippen LogP contribution is 2.10. The maximum absolute atomic E-state index is 11.3. The summed E-state index contributed by atoms with van der Waals surface area (Å²) in [5.41, 5.74) is 0.441. The van der Waals surface area contributed by atoms with Crippen LogP contribution in [-0.4, -0.2) is 29.7 Å². The van der Waals surface area contributed by atoms with Crippen LogP contribution in [0.25, 0.3) is 0 Å². The molecular weight excluding hydrogens is 218 g/mol. The first kappa shape index (κ1) is 12.0. The van der Waals surface area contributed by atoms with Gasteiger partial charge < -0.3 is 14.8 Å². The molecule has 4 nitrogen and oxygen atoms in total. The van der Waals surface area contributed by atoms with E-state index in [1.807, 2.05) is 0 Å². The van der Waals surface area contributed by atoms with Gasteiger partial charge in [-0.3, -0.25) is 0 Å². The van der Waals surface area contributed by atoms with E-state index in [0.29, 0.717) is 0 Å². The van der Waals surface area contributed by atoms with E-state index >= 15 is 0 Å². The molecule has 0 aliphatic heterocycles. The maximum Gasteiger partial charge on any atom is 0.489 e. The lowest BCUT2D eigenvalue weighted by Crippen LogP contribution is -2.31. The van der Waals surface area contributed by atoms with Crippen molar-refractivity contribution in [2.24, 2.45) is 0 Å². The lowest BCUT2D eigenvalue weighted by atomic mass is 9.80. The lowest BCUT2D eigenvalue weighted by molar-refractivity contribution is 0.0526. The normalized spacial score (nSPS) is 9.87. The van der Waals surface area contributed by atoms with Crippen molar-refractivity contribution in [2.45, 2.75) is 6.92 Å². The Kier molecular flexibility index (Phi) is 4.14. The molecule has 0 radical (unpaired) electrons. The van der Waals surface area contributed by atoms with E-state index in [-0.39, 0.29) is 22.7 Å². The molecule has 0 bridgehead atoms. The molecule has 1 aromatic carbocycles. The molecular formula is C9H10BClO4. The van der Waals surface area contributed by atoms with Crippen LogP contribution in [0.3, 0.4) is 0 Å². The SMILES string of the molecule is CCOC(=O)c1ccc(B(O)O)c(Cl)c1. The molecule has 0 aliphatic rings. The third kappa shape index (κ3) is 2.96. The third-order valence-corrected chi connectivity index (χ3v) is 2.12. The summed E-state index contributed by atoms with van der Waals surface area (Å²) in [4.78, 5) is 11.3. The molecule has 0 heterocycles. The van der Waals surface area contributed by atoms with Gasteiger partial charge in [0.1, 0.15) is 0 Å². The topological polar surface area (TPSA) is 66.8 Å². The molecule has 0 aromatic heterocycles. The van der Waals surface area contributed by atoms with Gasteiger partial charge in [0.15, 0.2) is 0 Å². The smallest absolute Gasteiger partial charge is 0.462 e. The third-order valence-electron chi connectivity index (χ3n) is 1.79. The van der Waals surface area contributed by atoms with E-state index < -0.39 is 13.1 Å². The minimum atomic E-state index is -1.64. The summed E-state index contributed by atoms with van der Waals surface area (Å²) in [6.07, 6.45) is 0. The molecule has 0 unspecified atom stereocenters. The Balaban J connectivity index is 2.96. The highest BCUT2D eigenvalue weighted by Gasteiger charge is 2.17. The monoisotopic (exact) mass is 228 g/mol. The van der Waals surface area contributed by atoms with Crippen LogP contribution < -0.4 is 5.46 Å². The summed E-state index contributed by atoms with van der Waals surface area (Å²) in [5, 5.41) is 17.9. The van der Waals surface area contributed by atoms with E-state index in [1.165, 1.54) is 18.2 Å². The van der Waals surface area contributed by atoms with Gasteiger partial charge in [-0.2, -0.15) is 0 Å². The first-order chi connectivity index (χ1) is 7.06. The maximum atomic E-state index is 11.3. The Morgan fingerprint density at radius 2 is 2.20 bits per heavy atom. The summed E-state index contributed by atoms with van der Waals surface area (Å²) < 4.78 is 4.76. The van der Waals surface area contributed by atoms with Crippen molar-refractivity contribution in [3.63, 3.8) is 0 Å². The van der Waals surface area contributed by atoms with Gasteiger partial charge in [-0.05, 0) is 19.1 Å². The number of carbonyl (C=O) groups excluding carboxylic acids is 1. The minimum Gasteiger partial charge on any atom is -0.462 e. The number of carbonyl (C=O) groups is 1. The molecule has 0 spiro atoms. The van der Waals surface area contributed by atoms with Crippen molar-refractivity contribution in [1.82, 2.24) is 0 Å². The second kappa shape index (κ2) is 5.16. The fourth-order valence-corrected chi connectivity index (χ4v) is 1.36. The number of esters is 1. The Hall–Kier alpha value is -1.04. The average molecular weight is 228 g/mol. The molecule has 80 valence electrons. The van der Waals surface area contributed by atoms with E-state index in [2.05, 4.69) is 0 Å². The van der Waals surface area contributed by atoms with Crippen LogP contribution >= 0.6 is 11.6 Å². The summed E-state index contributed by atoms with van der Waals surface area (Å²) in [5.74, 6) is -0.488. The van der Waals surface area contributed by atoms with E-state index in [0.717, 1.165) is 0 Å². The number of rotatable bonds is 3. The predicted octanol–water partition coefficient (Wildman–Crippen LogP) is 0.197. The fourth-order valence-electron chi connectivity index (χ4n) is 1.08. The molecule has 0 saturated heterocycles. The molecule has 0 saturated carbocycles. The average Bonchev–Trinajstić information content (AvgIpc) is 2.17. The van der Waals surface area contributed by atoms with Crippen molar-refractivity contribution in [2.75, 3.05) is 6.61 Å². The van der Waals surface area contributed by atoms with E-state index in [4.69, 9.17) is 26.4 Å². The first-order valence-electron chi connectivity index (χ1n) is 4.39. The number of ether oxygens (including phenoxy) is 1. The molecule has 1 aromatic rings. The van der Waals surface area contributed by atoms with Gasteiger partial charge in [0.2, 0.25) is 0 Å². The number of benzene rings is 1. The Labute approximate surface area is 92.6 Å². The fraction of sp³-hybridized carbons (Fsp3) is 0.222. The highest BCUT2D eigenvalue weighted by atomic mass is 35.5. The summed E-state index contributed by atoms with van der Waals surface area (Å²) in [7, 11) is -1.64. The zero-order chi connectivity index (χ0) is 11.4. The standard InChI is InChI=1S/C9H10BClO4/c1-2-15-9(12)6-3-4-7(10(13)14)8(11)5-6/h3-5,13-14H,2H2,1H3. The molecule has 0 atom stereocenters. The molecule has 15 heavy (non-hydrogen) atoms. The molecule has 0 aliphatic carbocycles. The molecule has 0 amide bonds. The van der Waals surface area contributed by atoms with Crippen LogP contribution in [-0.2, 0) is 4.74 Å². The van der Waals surface area contributed by atoms with E-state index in [1.54, 1.807) is 6.92 Å². The molecule has 2 N–H and O–H groups in total. The number of hydrogen-bond donors (Lipinski definition) is 2. The second-order valence-electron chi connectivity index (χ2n) is 2.83. The Bertz CT molecular complexity index is 367. The van der Waals surface area contributed by atoms with Gasteiger partial charge in [0.05, 0.1) is 12.2 Å². The van der Waals surface area contributed by atoms with Gasteiger partial charge in [-0.25, -0.2) is 4.79 Å². The van der Waals surface area contributed by atoms with Crippen LogP contribution in [0.5, 0.6) is 0 Å². The van der Waals surface area contributed by atoms with Gasteiger partial charge in [-0.15, -0.1) is 0 Å². The van der Waals surface area contributed by atoms with Gasteiger partial charge in [0.25, 0.3) is 0 Å². The van der Waals surface area contributed by atoms with Crippen molar-refractivity contribution >= 4 is 30.2 Å². The quantitative estimate of drug-likeness (QED) is 0.573. The van der Waals surface area contributed by atoms with Crippen molar-refractivity contribution < 1.29 is 19.6 Å². The second-order valence-corrected chi connectivity index (χ2v) is 3.24. The molecule has 6 heteroatoms. The first-order valence-corrected chi connectivity index (χ1v) is 4.76. The highest BCUT2D eigenvalue weighted by molar-refractivity contribution is 6.62. The number of hydrogen-bond acceptors (Lipinski definition) is 4. The van der Waals surface area contributed by atoms with Crippen molar-refractivity contribution in [3.8, 4) is 0 Å². The van der Waals surface area contributed by atoms with Crippen LogP contribution in [0.15, 0.2) is 18.2 Å². The lowest BCUT2D eigenvalue weighted by Gasteiger charge is -2.05. The molecule has 0 fully saturated rings. The van der Waals surface area contributed by atoms with E-state index in [9.17, 15) is 4.79 Å². The summed E-state index contributed by atoms with van der Waals surface area (Å²) in [6.45, 7) is 1.98. The van der Waals surface area contributed by atoms with Crippen LogP contribution in [0.1, 0.15) is 17.3 Å². The summed E-state index contributed by atoms with van der Waals surface area (Å²) in [6, 6.07) is 4.15. The van der Waals surface area contributed by atoms with Crippen molar-refractivity contribution in [3.05, 3.63) is 28.8 Å². The zero-order valence-corrected chi connectivity index (χ0v) is 8.86. The Morgan fingerprint density at radius 3 is 2.67 bits per heavy atom.